The maximum atomic E-state index is 12.5. The third kappa shape index (κ3) is 4.68. The topological polar surface area (TPSA) is 77.2 Å². The standard InChI is InChI=1S/C23H19N3O3/c1-16-24-23(29-26-16)19-9-7-18(8-10-19)22(27)25-20-11-13-21(14-12-20)28-15-17-5-3-2-4-6-17/h2-14H,15H2,1H3,(H,25,27). The normalized spacial score (nSPS) is 10.5. The van der Waals surface area contributed by atoms with E-state index in [9.17, 15) is 4.79 Å². The molecular formula is C23H19N3O3. The first-order valence-corrected chi connectivity index (χ1v) is 9.16. The van der Waals surface area contributed by atoms with Gasteiger partial charge in [-0.05, 0) is 61.0 Å². The van der Waals surface area contributed by atoms with E-state index in [2.05, 4.69) is 15.5 Å². The van der Waals surface area contributed by atoms with E-state index in [4.69, 9.17) is 9.26 Å². The van der Waals surface area contributed by atoms with Crippen molar-refractivity contribution in [1.82, 2.24) is 10.1 Å². The molecule has 0 atom stereocenters. The Labute approximate surface area is 168 Å². The first-order valence-electron chi connectivity index (χ1n) is 9.16. The molecule has 1 amide bonds. The Kier molecular flexibility index (Phi) is 5.33. The highest BCUT2D eigenvalue weighted by Crippen LogP contribution is 2.20. The molecule has 0 fully saturated rings. The summed E-state index contributed by atoms with van der Waals surface area (Å²) in [6, 6.07) is 24.3. The zero-order chi connectivity index (χ0) is 20.1. The summed E-state index contributed by atoms with van der Waals surface area (Å²) in [7, 11) is 0. The van der Waals surface area contributed by atoms with Gasteiger partial charge in [-0.15, -0.1) is 0 Å². The molecule has 4 rings (SSSR count). The van der Waals surface area contributed by atoms with Gasteiger partial charge in [0.2, 0.25) is 0 Å². The number of anilines is 1. The Morgan fingerprint density at radius 1 is 0.966 bits per heavy atom. The molecule has 0 saturated carbocycles. The molecule has 0 aliphatic rings. The van der Waals surface area contributed by atoms with E-state index < -0.39 is 0 Å². The minimum atomic E-state index is -0.198. The van der Waals surface area contributed by atoms with Crippen LogP contribution in [0.25, 0.3) is 11.5 Å². The molecule has 6 nitrogen and oxygen atoms in total. The van der Waals surface area contributed by atoms with Crippen molar-refractivity contribution in [3.8, 4) is 17.2 Å². The van der Waals surface area contributed by atoms with Gasteiger partial charge in [-0.25, -0.2) is 0 Å². The maximum Gasteiger partial charge on any atom is 0.257 e. The highest BCUT2D eigenvalue weighted by molar-refractivity contribution is 6.04. The van der Waals surface area contributed by atoms with Crippen molar-refractivity contribution in [2.24, 2.45) is 0 Å². The summed E-state index contributed by atoms with van der Waals surface area (Å²) in [6.07, 6.45) is 0. The van der Waals surface area contributed by atoms with Crippen LogP contribution in [0.5, 0.6) is 5.75 Å². The molecule has 1 N–H and O–H groups in total. The van der Waals surface area contributed by atoms with Gasteiger partial charge in [0.05, 0.1) is 0 Å². The van der Waals surface area contributed by atoms with Gasteiger partial charge in [-0.3, -0.25) is 4.79 Å². The smallest absolute Gasteiger partial charge is 0.257 e. The maximum absolute atomic E-state index is 12.5. The largest absolute Gasteiger partial charge is 0.489 e. The molecule has 0 radical (unpaired) electrons. The average molecular weight is 385 g/mol. The number of ether oxygens (including phenoxy) is 1. The van der Waals surface area contributed by atoms with Crippen LogP contribution in [0.3, 0.4) is 0 Å². The van der Waals surface area contributed by atoms with Crippen LogP contribution >= 0.6 is 0 Å². The van der Waals surface area contributed by atoms with Gasteiger partial charge in [0, 0.05) is 16.8 Å². The number of benzene rings is 3. The van der Waals surface area contributed by atoms with Gasteiger partial charge in [0.25, 0.3) is 11.8 Å². The molecular weight excluding hydrogens is 366 g/mol. The Hall–Kier alpha value is -3.93. The summed E-state index contributed by atoms with van der Waals surface area (Å²) in [4.78, 5) is 16.6. The second kappa shape index (κ2) is 8.39. The summed E-state index contributed by atoms with van der Waals surface area (Å²) in [5.74, 6) is 1.54. The fraction of sp³-hybridized carbons (Fsp3) is 0.0870. The SMILES string of the molecule is Cc1noc(-c2ccc(C(=O)Nc3ccc(OCc4ccccc4)cc3)cc2)n1. The molecule has 4 aromatic rings. The minimum Gasteiger partial charge on any atom is -0.489 e. The lowest BCUT2D eigenvalue weighted by atomic mass is 10.1. The number of aromatic nitrogens is 2. The quantitative estimate of drug-likeness (QED) is 0.512. The van der Waals surface area contributed by atoms with E-state index in [-0.39, 0.29) is 5.91 Å². The Morgan fingerprint density at radius 3 is 2.34 bits per heavy atom. The molecule has 1 heterocycles. The molecule has 0 aliphatic heterocycles. The Morgan fingerprint density at radius 2 is 1.69 bits per heavy atom. The number of nitrogens with one attached hydrogen (secondary N) is 1. The van der Waals surface area contributed by atoms with Gasteiger partial charge in [0.1, 0.15) is 12.4 Å². The van der Waals surface area contributed by atoms with Crippen LogP contribution in [0.2, 0.25) is 0 Å². The second-order valence-electron chi connectivity index (χ2n) is 6.48. The van der Waals surface area contributed by atoms with Crippen LogP contribution in [0.4, 0.5) is 5.69 Å². The van der Waals surface area contributed by atoms with E-state index >= 15 is 0 Å². The molecule has 0 unspecified atom stereocenters. The van der Waals surface area contributed by atoms with Crippen LogP contribution in [0.1, 0.15) is 21.7 Å². The van der Waals surface area contributed by atoms with Gasteiger partial charge in [-0.1, -0.05) is 35.5 Å². The first-order chi connectivity index (χ1) is 14.2. The van der Waals surface area contributed by atoms with Gasteiger partial charge in [0.15, 0.2) is 5.82 Å². The summed E-state index contributed by atoms with van der Waals surface area (Å²) in [5, 5.41) is 6.64. The summed E-state index contributed by atoms with van der Waals surface area (Å²) in [5.41, 5.74) is 3.10. The van der Waals surface area contributed by atoms with E-state index in [0.717, 1.165) is 16.9 Å². The van der Waals surface area contributed by atoms with E-state index in [0.29, 0.717) is 29.6 Å². The van der Waals surface area contributed by atoms with Gasteiger partial charge < -0.3 is 14.6 Å². The van der Waals surface area contributed by atoms with E-state index in [1.807, 2.05) is 54.6 Å². The molecule has 144 valence electrons. The number of carbonyl (C=O) groups excluding carboxylic acids is 1. The summed E-state index contributed by atoms with van der Waals surface area (Å²) in [6.45, 7) is 2.26. The third-order valence-electron chi connectivity index (χ3n) is 4.28. The van der Waals surface area contributed by atoms with Crippen LogP contribution in [-0.4, -0.2) is 16.0 Å². The monoisotopic (exact) mass is 385 g/mol. The Bertz CT molecular complexity index is 1090. The van der Waals surface area contributed by atoms with Crippen molar-refractivity contribution in [2.45, 2.75) is 13.5 Å². The number of rotatable bonds is 6. The zero-order valence-corrected chi connectivity index (χ0v) is 15.8. The molecule has 0 aliphatic carbocycles. The fourth-order valence-corrected chi connectivity index (χ4v) is 2.76. The molecule has 6 heteroatoms. The van der Waals surface area contributed by atoms with Crippen LogP contribution in [0.15, 0.2) is 83.4 Å². The van der Waals surface area contributed by atoms with Crippen LogP contribution < -0.4 is 10.1 Å². The molecule has 0 spiro atoms. The van der Waals surface area contributed by atoms with E-state index in [1.54, 1.807) is 31.2 Å². The first kappa shape index (κ1) is 18.4. The zero-order valence-electron chi connectivity index (χ0n) is 15.8. The van der Waals surface area contributed by atoms with Crippen molar-refractivity contribution in [3.63, 3.8) is 0 Å². The lowest BCUT2D eigenvalue weighted by molar-refractivity contribution is 0.102. The lowest BCUT2D eigenvalue weighted by Crippen LogP contribution is -2.11. The minimum absolute atomic E-state index is 0.198. The van der Waals surface area contributed by atoms with E-state index in [1.165, 1.54) is 0 Å². The summed E-state index contributed by atoms with van der Waals surface area (Å²) < 4.78 is 10.9. The molecule has 1 aromatic heterocycles. The van der Waals surface area contributed by atoms with Crippen molar-refractivity contribution in [2.75, 3.05) is 5.32 Å². The van der Waals surface area contributed by atoms with Crippen molar-refractivity contribution in [3.05, 3.63) is 95.8 Å². The molecule has 0 bridgehead atoms. The second-order valence-corrected chi connectivity index (χ2v) is 6.48. The van der Waals surface area contributed by atoms with Crippen molar-refractivity contribution < 1.29 is 14.1 Å². The van der Waals surface area contributed by atoms with Crippen LogP contribution in [0, 0.1) is 6.92 Å². The van der Waals surface area contributed by atoms with Crippen molar-refractivity contribution in [1.29, 1.82) is 0 Å². The highest BCUT2D eigenvalue weighted by Gasteiger charge is 2.10. The number of carbonyl (C=O) groups is 1. The summed E-state index contributed by atoms with van der Waals surface area (Å²) >= 11 is 0. The average Bonchev–Trinajstić information content (AvgIpc) is 3.20. The fourth-order valence-electron chi connectivity index (χ4n) is 2.76. The number of nitrogens with zero attached hydrogens (tertiary/aromatic N) is 2. The molecule has 3 aromatic carbocycles. The lowest BCUT2D eigenvalue weighted by Gasteiger charge is -2.09. The molecule has 29 heavy (non-hydrogen) atoms. The number of hydrogen-bond donors (Lipinski definition) is 1. The van der Waals surface area contributed by atoms with Gasteiger partial charge in [-0.2, -0.15) is 4.98 Å². The highest BCUT2D eigenvalue weighted by atomic mass is 16.5. The Balaban J connectivity index is 1.35. The third-order valence-corrected chi connectivity index (χ3v) is 4.28. The van der Waals surface area contributed by atoms with Crippen molar-refractivity contribution >= 4 is 11.6 Å². The predicted molar refractivity (Wildman–Crippen MR) is 110 cm³/mol. The predicted octanol–water partition coefficient (Wildman–Crippen LogP) is 4.88. The van der Waals surface area contributed by atoms with Gasteiger partial charge >= 0.3 is 0 Å². The van der Waals surface area contributed by atoms with Crippen LogP contribution in [-0.2, 0) is 6.61 Å². The number of aryl methyl sites for hydroxylation is 1. The number of amides is 1. The molecule has 0 saturated heterocycles. The number of hydrogen-bond acceptors (Lipinski definition) is 5.